The molecule has 0 radical (unpaired) electrons. The zero-order chi connectivity index (χ0) is 17.3. The van der Waals surface area contributed by atoms with Crippen molar-refractivity contribution in [1.29, 1.82) is 0 Å². The van der Waals surface area contributed by atoms with Crippen molar-refractivity contribution in [2.45, 2.75) is 24.7 Å². The summed E-state index contributed by atoms with van der Waals surface area (Å²) >= 11 is 0. The van der Waals surface area contributed by atoms with Crippen molar-refractivity contribution in [3.63, 3.8) is 0 Å². The molecule has 1 fully saturated rings. The number of cyclic esters (lactones) is 1. The quantitative estimate of drug-likeness (QED) is 0.595. The molecule has 1 N–H and O–H groups in total. The molecule has 0 aliphatic carbocycles. The average molecular weight is 346 g/mol. The Morgan fingerprint density at radius 1 is 1.32 bits per heavy atom. The highest BCUT2D eigenvalue weighted by molar-refractivity contribution is 6.01. The molecule has 3 aliphatic heterocycles. The van der Waals surface area contributed by atoms with Crippen LogP contribution < -0.4 is 15.1 Å². The zero-order valence-corrected chi connectivity index (χ0v) is 13.2. The number of fused-ring (bicyclic) bond motifs is 7. The Hall–Kier alpha value is -2.58. The second kappa shape index (κ2) is 4.96. The second-order valence-electron chi connectivity index (χ2n) is 6.24. The highest BCUT2D eigenvalue weighted by Crippen LogP contribution is 2.50. The molecule has 5 rings (SSSR count). The maximum atomic E-state index is 12.4. The largest absolute Gasteiger partial charge is 0.496 e. The van der Waals surface area contributed by atoms with Gasteiger partial charge in [-0.05, 0) is 5.56 Å². The Balaban J connectivity index is 1.90. The summed E-state index contributed by atoms with van der Waals surface area (Å²) in [5.41, 5.74) is 0.517. The molecular weight excluding hydrogens is 332 g/mol. The lowest BCUT2D eigenvalue weighted by Crippen LogP contribution is -2.26. The molecule has 3 atom stereocenters. The van der Waals surface area contributed by atoms with Crippen LogP contribution in [0.3, 0.4) is 0 Å². The molecule has 25 heavy (non-hydrogen) atoms. The van der Waals surface area contributed by atoms with Gasteiger partial charge in [-0.3, -0.25) is 0 Å². The lowest BCUT2D eigenvalue weighted by Gasteiger charge is -2.19. The van der Waals surface area contributed by atoms with Gasteiger partial charge in [-0.1, -0.05) is 0 Å². The Morgan fingerprint density at radius 2 is 2.16 bits per heavy atom. The van der Waals surface area contributed by atoms with E-state index in [1.165, 1.54) is 7.11 Å². The van der Waals surface area contributed by atoms with Crippen LogP contribution in [0.4, 0.5) is 0 Å². The molecule has 0 amide bonds. The molecule has 3 unspecified atom stereocenters. The number of hydrogen-bond acceptors (Lipinski definition) is 8. The van der Waals surface area contributed by atoms with Crippen LogP contribution in [0.5, 0.6) is 11.5 Å². The van der Waals surface area contributed by atoms with Crippen molar-refractivity contribution in [2.75, 3.05) is 20.3 Å². The molecule has 1 aromatic carbocycles. The average Bonchev–Trinajstić information content (AvgIpc) is 3.13. The summed E-state index contributed by atoms with van der Waals surface area (Å²) in [6.07, 6.45) is -1.02. The topological polar surface area (TPSA) is 104 Å². The minimum absolute atomic E-state index is 0.101. The maximum absolute atomic E-state index is 12.4. The predicted molar refractivity (Wildman–Crippen MR) is 82.1 cm³/mol. The number of ether oxygens (including phenoxy) is 4. The first-order valence-corrected chi connectivity index (χ1v) is 7.94. The fraction of sp³-hybridized carbons (Fsp3) is 0.412. The van der Waals surface area contributed by atoms with Crippen LogP contribution in [0, 0.1) is 0 Å². The predicted octanol–water partition coefficient (Wildman–Crippen LogP) is 0.708. The summed E-state index contributed by atoms with van der Waals surface area (Å²) in [7, 11) is 1.49. The van der Waals surface area contributed by atoms with Crippen molar-refractivity contribution in [1.82, 2.24) is 0 Å². The van der Waals surface area contributed by atoms with Crippen LogP contribution in [0.2, 0.25) is 0 Å². The van der Waals surface area contributed by atoms with Crippen LogP contribution in [-0.2, 0) is 15.9 Å². The summed E-state index contributed by atoms with van der Waals surface area (Å²) in [6.45, 7) is 0.322. The third-order valence-corrected chi connectivity index (χ3v) is 4.97. The molecule has 4 heterocycles. The summed E-state index contributed by atoms with van der Waals surface area (Å²) in [5.74, 6) is -0.282. The van der Waals surface area contributed by atoms with E-state index in [2.05, 4.69) is 0 Å². The van der Waals surface area contributed by atoms with E-state index in [1.54, 1.807) is 6.07 Å². The van der Waals surface area contributed by atoms with Crippen molar-refractivity contribution >= 4 is 16.9 Å². The van der Waals surface area contributed by atoms with Gasteiger partial charge in [0.2, 0.25) is 6.29 Å². The van der Waals surface area contributed by atoms with Gasteiger partial charge in [0.25, 0.3) is 0 Å². The summed E-state index contributed by atoms with van der Waals surface area (Å²) < 4.78 is 27.1. The van der Waals surface area contributed by atoms with E-state index in [4.69, 9.17) is 23.4 Å². The summed E-state index contributed by atoms with van der Waals surface area (Å²) in [5, 5.41) is 10.8. The Morgan fingerprint density at radius 3 is 2.96 bits per heavy atom. The Labute approximate surface area is 140 Å². The number of hydrogen-bond donors (Lipinski definition) is 1. The molecule has 0 bridgehead atoms. The van der Waals surface area contributed by atoms with Crippen molar-refractivity contribution < 1.29 is 33.3 Å². The molecule has 2 aromatic rings. The normalized spacial score (nSPS) is 26.6. The number of carbonyl (C=O) groups is 1. The smallest absolute Gasteiger partial charge is 0.351 e. The summed E-state index contributed by atoms with van der Waals surface area (Å²) in [6, 6.07) is 1.67. The standard InChI is InChI=1S/C17H14O8/c1-21-8-4-9-13(12-7(18)5-23-17(12)24-9)14-10(8)6-2-3-22-15(19)11(6)16(20)25-14/h4,7,12,17-18H,2-3,5H2,1H3. The van der Waals surface area contributed by atoms with E-state index >= 15 is 0 Å². The second-order valence-corrected chi connectivity index (χ2v) is 6.24. The first-order valence-electron chi connectivity index (χ1n) is 7.94. The fourth-order valence-electron chi connectivity index (χ4n) is 3.90. The van der Waals surface area contributed by atoms with Crippen molar-refractivity contribution in [3.05, 3.63) is 33.2 Å². The van der Waals surface area contributed by atoms with E-state index in [-0.39, 0.29) is 24.4 Å². The van der Waals surface area contributed by atoms with E-state index in [0.29, 0.717) is 34.4 Å². The third-order valence-electron chi connectivity index (χ3n) is 4.97. The Kier molecular flexibility index (Phi) is 2.93. The van der Waals surface area contributed by atoms with Gasteiger partial charge in [-0.25, -0.2) is 9.59 Å². The number of methoxy groups -OCH3 is 1. The van der Waals surface area contributed by atoms with Gasteiger partial charge in [0.15, 0.2) is 0 Å². The molecule has 130 valence electrons. The third kappa shape index (κ3) is 1.83. The molecule has 3 aliphatic rings. The van der Waals surface area contributed by atoms with Gasteiger partial charge in [-0.2, -0.15) is 0 Å². The van der Waals surface area contributed by atoms with Crippen molar-refractivity contribution in [2.24, 2.45) is 0 Å². The molecule has 1 saturated heterocycles. The van der Waals surface area contributed by atoms with Crippen LogP contribution >= 0.6 is 0 Å². The SMILES string of the molecule is COc1cc2c(c3oc(=O)c4c(c13)CCOC4=O)C1C(O)COC1O2. The van der Waals surface area contributed by atoms with E-state index in [1.807, 2.05) is 0 Å². The summed E-state index contributed by atoms with van der Waals surface area (Å²) in [4.78, 5) is 24.4. The molecular formula is C17H14O8. The number of esters is 1. The first-order chi connectivity index (χ1) is 12.1. The number of carbonyl (C=O) groups excluding carboxylic acids is 1. The van der Waals surface area contributed by atoms with Gasteiger partial charge in [0.1, 0.15) is 22.6 Å². The highest BCUT2D eigenvalue weighted by Gasteiger charge is 2.48. The number of benzene rings is 1. The van der Waals surface area contributed by atoms with Gasteiger partial charge in [0.05, 0.1) is 43.3 Å². The Bertz CT molecular complexity index is 975. The monoisotopic (exact) mass is 346 g/mol. The first kappa shape index (κ1) is 14.7. The lowest BCUT2D eigenvalue weighted by molar-refractivity contribution is -0.0348. The molecule has 8 nitrogen and oxygen atoms in total. The van der Waals surface area contributed by atoms with Crippen molar-refractivity contribution in [3.8, 4) is 11.5 Å². The molecule has 8 heteroatoms. The van der Waals surface area contributed by atoms with E-state index in [0.717, 1.165) is 0 Å². The number of rotatable bonds is 1. The lowest BCUT2D eigenvalue weighted by atomic mass is 9.91. The molecule has 1 aromatic heterocycles. The minimum atomic E-state index is -0.769. The number of aliphatic hydroxyl groups is 1. The van der Waals surface area contributed by atoms with Crippen LogP contribution in [-0.4, -0.2) is 43.8 Å². The molecule has 0 spiro atoms. The van der Waals surface area contributed by atoms with Crippen LogP contribution in [0.15, 0.2) is 15.3 Å². The minimum Gasteiger partial charge on any atom is -0.496 e. The van der Waals surface area contributed by atoms with Gasteiger partial charge >= 0.3 is 11.6 Å². The van der Waals surface area contributed by atoms with Crippen LogP contribution in [0.1, 0.15) is 27.4 Å². The maximum Gasteiger partial charge on any atom is 0.351 e. The van der Waals surface area contributed by atoms with E-state index < -0.39 is 29.9 Å². The van der Waals surface area contributed by atoms with Gasteiger partial charge in [-0.15, -0.1) is 0 Å². The van der Waals surface area contributed by atoms with Gasteiger partial charge in [0, 0.05) is 12.5 Å². The molecule has 0 saturated carbocycles. The van der Waals surface area contributed by atoms with Gasteiger partial charge < -0.3 is 28.5 Å². The van der Waals surface area contributed by atoms with Crippen LogP contribution in [0.25, 0.3) is 11.0 Å². The fourth-order valence-corrected chi connectivity index (χ4v) is 3.90. The highest BCUT2D eigenvalue weighted by atomic mass is 16.7. The van der Waals surface area contributed by atoms with E-state index in [9.17, 15) is 14.7 Å². The number of aliphatic hydroxyl groups excluding tert-OH is 1. The zero-order valence-electron chi connectivity index (χ0n) is 13.2.